The SMILES string of the molecule is CN1CCCCC1CCN(CCC(N)=S)C1CC1. The third kappa shape index (κ3) is 4.48. The minimum Gasteiger partial charge on any atom is -0.393 e. The molecule has 104 valence electrons. The van der Waals surface area contributed by atoms with E-state index in [4.69, 9.17) is 18.0 Å². The van der Waals surface area contributed by atoms with Crippen molar-refractivity contribution in [1.82, 2.24) is 9.80 Å². The van der Waals surface area contributed by atoms with Crippen molar-refractivity contribution < 1.29 is 0 Å². The second-order valence-corrected chi connectivity index (χ2v) is 6.43. The fourth-order valence-corrected chi connectivity index (χ4v) is 3.09. The topological polar surface area (TPSA) is 32.5 Å². The maximum absolute atomic E-state index is 5.62. The maximum atomic E-state index is 5.62. The molecule has 0 radical (unpaired) electrons. The zero-order valence-electron chi connectivity index (χ0n) is 11.6. The van der Waals surface area contributed by atoms with E-state index in [1.165, 1.54) is 51.6 Å². The lowest BCUT2D eigenvalue weighted by atomic mass is 10.00. The molecule has 0 amide bonds. The van der Waals surface area contributed by atoms with Crippen molar-refractivity contribution in [3.05, 3.63) is 0 Å². The summed E-state index contributed by atoms with van der Waals surface area (Å²) in [5, 5.41) is 0. The van der Waals surface area contributed by atoms with Crippen molar-refractivity contribution >= 4 is 17.2 Å². The van der Waals surface area contributed by atoms with E-state index in [1.54, 1.807) is 0 Å². The van der Waals surface area contributed by atoms with Gasteiger partial charge in [-0.3, -0.25) is 4.90 Å². The van der Waals surface area contributed by atoms with Gasteiger partial charge in [-0.1, -0.05) is 18.6 Å². The third-order valence-electron chi connectivity index (χ3n) is 4.38. The van der Waals surface area contributed by atoms with Gasteiger partial charge < -0.3 is 10.6 Å². The lowest BCUT2D eigenvalue weighted by Crippen LogP contribution is -2.40. The summed E-state index contributed by atoms with van der Waals surface area (Å²) in [7, 11) is 2.28. The highest BCUT2D eigenvalue weighted by Crippen LogP contribution is 2.28. The van der Waals surface area contributed by atoms with Crippen molar-refractivity contribution in [2.24, 2.45) is 5.73 Å². The number of likely N-dealkylation sites (tertiary alicyclic amines) is 1. The molecule has 0 bridgehead atoms. The first-order chi connectivity index (χ1) is 8.66. The molecule has 3 nitrogen and oxygen atoms in total. The zero-order chi connectivity index (χ0) is 13.0. The molecule has 0 aromatic rings. The van der Waals surface area contributed by atoms with Crippen LogP contribution in [0.4, 0.5) is 0 Å². The van der Waals surface area contributed by atoms with Gasteiger partial charge in [-0.25, -0.2) is 0 Å². The van der Waals surface area contributed by atoms with E-state index in [0.717, 1.165) is 25.0 Å². The molecular formula is C14H27N3S. The Kier molecular flexibility index (Phi) is 5.39. The lowest BCUT2D eigenvalue weighted by molar-refractivity contribution is 0.152. The molecular weight excluding hydrogens is 242 g/mol. The van der Waals surface area contributed by atoms with Gasteiger partial charge in [-0.15, -0.1) is 0 Å². The highest BCUT2D eigenvalue weighted by Gasteiger charge is 2.29. The van der Waals surface area contributed by atoms with Gasteiger partial charge in [0.1, 0.15) is 0 Å². The van der Waals surface area contributed by atoms with E-state index < -0.39 is 0 Å². The number of piperidine rings is 1. The minimum absolute atomic E-state index is 0.662. The molecule has 1 heterocycles. The summed E-state index contributed by atoms with van der Waals surface area (Å²) < 4.78 is 0. The summed E-state index contributed by atoms with van der Waals surface area (Å²) in [5.41, 5.74) is 5.62. The van der Waals surface area contributed by atoms with Crippen LogP contribution >= 0.6 is 12.2 Å². The smallest absolute Gasteiger partial charge is 0.0740 e. The summed E-state index contributed by atoms with van der Waals surface area (Å²) in [6.07, 6.45) is 9.10. The first-order valence-corrected chi connectivity index (χ1v) is 7.80. The zero-order valence-corrected chi connectivity index (χ0v) is 12.4. The summed E-state index contributed by atoms with van der Waals surface area (Å²) in [6.45, 7) is 3.57. The Bertz CT molecular complexity index is 278. The first-order valence-electron chi connectivity index (χ1n) is 7.39. The molecule has 2 fully saturated rings. The van der Waals surface area contributed by atoms with Gasteiger partial charge in [0.05, 0.1) is 4.99 Å². The predicted octanol–water partition coefficient (Wildman–Crippen LogP) is 2.00. The molecule has 1 aliphatic heterocycles. The van der Waals surface area contributed by atoms with Crippen LogP contribution < -0.4 is 5.73 Å². The van der Waals surface area contributed by atoms with Crippen molar-refractivity contribution in [2.45, 2.75) is 57.0 Å². The second kappa shape index (κ2) is 6.83. The largest absolute Gasteiger partial charge is 0.393 e. The number of thiocarbonyl (C=S) groups is 1. The molecule has 1 saturated heterocycles. The molecule has 1 unspecified atom stereocenters. The van der Waals surface area contributed by atoms with Gasteiger partial charge in [-0.2, -0.15) is 0 Å². The summed E-state index contributed by atoms with van der Waals surface area (Å²) in [6, 6.07) is 1.62. The van der Waals surface area contributed by atoms with Gasteiger partial charge in [0.2, 0.25) is 0 Å². The monoisotopic (exact) mass is 269 g/mol. The molecule has 2 aliphatic rings. The van der Waals surface area contributed by atoms with Crippen LogP contribution in [0.2, 0.25) is 0 Å². The normalized spacial score (nSPS) is 25.6. The molecule has 4 heteroatoms. The fraction of sp³-hybridized carbons (Fsp3) is 0.929. The molecule has 1 saturated carbocycles. The van der Waals surface area contributed by atoms with Crippen LogP contribution in [-0.4, -0.2) is 53.6 Å². The van der Waals surface area contributed by atoms with Gasteiger partial charge in [0, 0.05) is 25.0 Å². The molecule has 2 rings (SSSR count). The Balaban J connectivity index is 1.72. The fourth-order valence-electron chi connectivity index (χ4n) is 2.99. The van der Waals surface area contributed by atoms with Crippen LogP contribution in [0.3, 0.4) is 0 Å². The molecule has 2 N–H and O–H groups in total. The van der Waals surface area contributed by atoms with Crippen molar-refractivity contribution in [1.29, 1.82) is 0 Å². The number of hydrogen-bond acceptors (Lipinski definition) is 3. The highest BCUT2D eigenvalue weighted by molar-refractivity contribution is 7.80. The van der Waals surface area contributed by atoms with Crippen LogP contribution in [0.25, 0.3) is 0 Å². The summed E-state index contributed by atoms with van der Waals surface area (Å²) >= 11 is 4.99. The molecule has 0 spiro atoms. The molecule has 0 aromatic carbocycles. The quantitative estimate of drug-likeness (QED) is 0.717. The van der Waals surface area contributed by atoms with E-state index in [-0.39, 0.29) is 0 Å². The van der Waals surface area contributed by atoms with Crippen LogP contribution in [0, 0.1) is 0 Å². The third-order valence-corrected chi connectivity index (χ3v) is 4.58. The number of hydrogen-bond donors (Lipinski definition) is 1. The second-order valence-electron chi connectivity index (χ2n) is 5.90. The van der Waals surface area contributed by atoms with E-state index in [9.17, 15) is 0 Å². The number of rotatable bonds is 7. The molecule has 1 aliphatic carbocycles. The lowest BCUT2D eigenvalue weighted by Gasteiger charge is -2.34. The van der Waals surface area contributed by atoms with E-state index >= 15 is 0 Å². The average molecular weight is 269 g/mol. The van der Waals surface area contributed by atoms with Crippen LogP contribution in [0.15, 0.2) is 0 Å². The molecule has 1 atom stereocenters. The van der Waals surface area contributed by atoms with Gasteiger partial charge in [0.15, 0.2) is 0 Å². The molecule has 0 aromatic heterocycles. The minimum atomic E-state index is 0.662. The number of nitrogens with zero attached hydrogens (tertiary/aromatic N) is 2. The van der Waals surface area contributed by atoms with Gasteiger partial charge in [0.25, 0.3) is 0 Å². The van der Waals surface area contributed by atoms with Crippen molar-refractivity contribution in [3.63, 3.8) is 0 Å². The summed E-state index contributed by atoms with van der Waals surface area (Å²) in [5.74, 6) is 0. The van der Waals surface area contributed by atoms with E-state index in [1.807, 2.05) is 0 Å². The van der Waals surface area contributed by atoms with E-state index in [2.05, 4.69) is 16.8 Å². The highest BCUT2D eigenvalue weighted by atomic mass is 32.1. The number of nitrogens with two attached hydrogens (primary N) is 1. The molecule has 18 heavy (non-hydrogen) atoms. The first kappa shape index (κ1) is 14.2. The standard InChI is InChI=1S/C14H27N3S/c1-16-9-3-2-4-12(16)7-10-17(13-5-6-13)11-8-14(15)18/h12-13H,2-11H2,1H3,(H2,15,18). The predicted molar refractivity (Wildman–Crippen MR) is 80.9 cm³/mol. The average Bonchev–Trinajstić information content (AvgIpc) is 3.15. The Morgan fingerprint density at radius 3 is 2.67 bits per heavy atom. The van der Waals surface area contributed by atoms with Gasteiger partial charge in [-0.05, 0) is 52.2 Å². The van der Waals surface area contributed by atoms with Crippen LogP contribution in [0.5, 0.6) is 0 Å². The Hall–Kier alpha value is -0.190. The van der Waals surface area contributed by atoms with Crippen LogP contribution in [0.1, 0.15) is 44.9 Å². The van der Waals surface area contributed by atoms with Gasteiger partial charge >= 0.3 is 0 Å². The van der Waals surface area contributed by atoms with Crippen LogP contribution in [-0.2, 0) is 0 Å². The Morgan fingerprint density at radius 2 is 2.06 bits per heavy atom. The van der Waals surface area contributed by atoms with E-state index in [0.29, 0.717) is 4.99 Å². The maximum Gasteiger partial charge on any atom is 0.0740 e. The van der Waals surface area contributed by atoms with Crippen molar-refractivity contribution in [3.8, 4) is 0 Å². The Morgan fingerprint density at radius 1 is 1.28 bits per heavy atom. The summed E-state index contributed by atoms with van der Waals surface area (Å²) in [4.78, 5) is 5.82. The Labute approximate surface area is 117 Å². The van der Waals surface area contributed by atoms with Crippen molar-refractivity contribution in [2.75, 3.05) is 26.7 Å².